The Morgan fingerprint density at radius 1 is 1.47 bits per heavy atom. The minimum absolute atomic E-state index is 0.0344. The summed E-state index contributed by atoms with van der Waals surface area (Å²) in [7, 11) is 3.89. The average molecular weight is 265 g/mol. The predicted molar refractivity (Wildman–Crippen MR) is 77.3 cm³/mol. The molecule has 1 heterocycles. The van der Waals surface area contributed by atoms with Gasteiger partial charge in [0.2, 0.25) is 0 Å². The first kappa shape index (κ1) is 14.5. The normalized spacial score (nSPS) is 19.2. The molecule has 4 nitrogen and oxygen atoms in total. The van der Waals surface area contributed by atoms with Crippen molar-refractivity contribution in [3.63, 3.8) is 0 Å². The van der Waals surface area contributed by atoms with Crippen molar-refractivity contribution in [1.29, 1.82) is 0 Å². The molecule has 2 rings (SSSR count). The zero-order valence-electron chi connectivity index (χ0n) is 12.7. The largest absolute Gasteiger partial charge is 0.377 e. The molecule has 1 aromatic rings. The van der Waals surface area contributed by atoms with Gasteiger partial charge in [0, 0.05) is 32.3 Å². The fourth-order valence-corrected chi connectivity index (χ4v) is 3.06. The predicted octanol–water partition coefficient (Wildman–Crippen LogP) is 2.07. The molecule has 1 atom stereocenters. The van der Waals surface area contributed by atoms with Crippen LogP contribution < -0.4 is 5.32 Å². The summed E-state index contributed by atoms with van der Waals surface area (Å²) in [5, 5.41) is 8.16. The molecule has 19 heavy (non-hydrogen) atoms. The van der Waals surface area contributed by atoms with Gasteiger partial charge < -0.3 is 10.1 Å². The lowest BCUT2D eigenvalue weighted by Crippen LogP contribution is -2.57. The van der Waals surface area contributed by atoms with Crippen LogP contribution in [-0.2, 0) is 24.6 Å². The van der Waals surface area contributed by atoms with Gasteiger partial charge in [-0.1, -0.05) is 13.8 Å². The zero-order valence-corrected chi connectivity index (χ0v) is 12.7. The fraction of sp³-hybridized carbons (Fsp3) is 0.800. The van der Waals surface area contributed by atoms with E-state index in [2.05, 4.69) is 30.3 Å². The van der Waals surface area contributed by atoms with E-state index in [4.69, 9.17) is 4.74 Å². The number of ether oxygens (including phenoxy) is 1. The number of nitrogens with one attached hydrogen (secondary N) is 1. The first-order valence-electron chi connectivity index (χ1n) is 7.45. The number of rotatable bonds is 7. The van der Waals surface area contributed by atoms with Crippen LogP contribution in [0, 0.1) is 0 Å². The SMILES string of the molecule is CCNC(Cc1cc(CC)nn1C)C1(OC)CCC1. The number of likely N-dealkylation sites (N-methyl/N-ethyl adjacent to an activating group) is 1. The van der Waals surface area contributed by atoms with Gasteiger partial charge >= 0.3 is 0 Å². The molecule has 1 aromatic heterocycles. The minimum Gasteiger partial charge on any atom is -0.377 e. The topological polar surface area (TPSA) is 39.1 Å². The maximum Gasteiger partial charge on any atom is 0.0834 e. The Bertz CT molecular complexity index is 404. The van der Waals surface area contributed by atoms with Crippen molar-refractivity contribution in [2.24, 2.45) is 7.05 Å². The number of methoxy groups -OCH3 is 1. The van der Waals surface area contributed by atoms with Gasteiger partial charge in [-0.05, 0) is 38.3 Å². The first-order valence-corrected chi connectivity index (χ1v) is 7.45. The lowest BCUT2D eigenvalue weighted by Gasteiger charge is -2.47. The van der Waals surface area contributed by atoms with Crippen LogP contribution in [-0.4, -0.2) is 35.1 Å². The Morgan fingerprint density at radius 3 is 2.63 bits per heavy atom. The second kappa shape index (κ2) is 6.06. The highest BCUT2D eigenvalue weighted by atomic mass is 16.5. The van der Waals surface area contributed by atoms with E-state index in [9.17, 15) is 0 Å². The van der Waals surface area contributed by atoms with Crippen molar-refractivity contribution in [2.45, 2.75) is 57.6 Å². The van der Waals surface area contributed by atoms with E-state index >= 15 is 0 Å². The van der Waals surface area contributed by atoms with E-state index in [1.807, 2.05) is 18.8 Å². The summed E-state index contributed by atoms with van der Waals surface area (Å²) in [4.78, 5) is 0. The van der Waals surface area contributed by atoms with Crippen molar-refractivity contribution in [3.05, 3.63) is 17.5 Å². The molecule has 0 amide bonds. The number of hydrogen-bond acceptors (Lipinski definition) is 3. The zero-order chi connectivity index (χ0) is 13.9. The Hall–Kier alpha value is -0.870. The van der Waals surface area contributed by atoms with Gasteiger partial charge in [-0.15, -0.1) is 0 Å². The van der Waals surface area contributed by atoms with E-state index in [-0.39, 0.29) is 5.60 Å². The lowest BCUT2D eigenvalue weighted by atomic mass is 9.73. The third kappa shape index (κ3) is 2.84. The maximum atomic E-state index is 5.84. The van der Waals surface area contributed by atoms with E-state index in [1.54, 1.807) is 0 Å². The lowest BCUT2D eigenvalue weighted by molar-refractivity contribution is -0.0981. The van der Waals surface area contributed by atoms with Crippen LogP contribution >= 0.6 is 0 Å². The van der Waals surface area contributed by atoms with E-state index in [1.165, 1.54) is 30.7 Å². The van der Waals surface area contributed by atoms with Crippen LogP contribution in [0.25, 0.3) is 0 Å². The van der Waals surface area contributed by atoms with Gasteiger partial charge in [-0.2, -0.15) is 5.10 Å². The maximum absolute atomic E-state index is 5.84. The number of nitrogens with zero attached hydrogens (tertiary/aromatic N) is 2. The van der Waals surface area contributed by atoms with Gasteiger partial charge in [-0.25, -0.2) is 0 Å². The molecule has 0 aromatic carbocycles. The average Bonchev–Trinajstić information content (AvgIpc) is 2.70. The first-order chi connectivity index (χ1) is 9.15. The quantitative estimate of drug-likeness (QED) is 0.820. The molecule has 0 radical (unpaired) electrons. The van der Waals surface area contributed by atoms with Crippen molar-refractivity contribution in [3.8, 4) is 0 Å². The van der Waals surface area contributed by atoms with E-state index in [0.29, 0.717) is 6.04 Å². The molecule has 0 saturated heterocycles. The van der Waals surface area contributed by atoms with Crippen LogP contribution in [0.15, 0.2) is 6.07 Å². The molecule has 0 spiro atoms. The molecule has 4 heteroatoms. The molecule has 1 unspecified atom stereocenters. The van der Waals surface area contributed by atoms with E-state index in [0.717, 1.165) is 19.4 Å². The van der Waals surface area contributed by atoms with Crippen molar-refractivity contribution < 1.29 is 4.74 Å². The second-order valence-electron chi connectivity index (χ2n) is 5.54. The van der Waals surface area contributed by atoms with Crippen LogP contribution in [0.2, 0.25) is 0 Å². The van der Waals surface area contributed by atoms with Gasteiger partial charge in [0.25, 0.3) is 0 Å². The molecule has 0 bridgehead atoms. The minimum atomic E-state index is 0.0344. The van der Waals surface area contributed by atoms with Gasteiger partial charge in [0.1, 0.15) is 0 Å². The molecule has 1 aliphatic carbocycles. The van der Waals surface area contributed by atoms with Crippen molar-refractivity contribution >= 4 is 0 Å². The molecule has 1 fully saturated rings. The highest BCUT2D eigenvalue weighted by Gasteiger charge is 2.44. The van der Waals surface area contributed by atoms with Crippen molar-refractivity contribution in [2.75, 3.05) is 13.7 Å². The standard InChI is InChI=1S/C15H27N3O/c1-5-12-10-13(18(3)17-12)11-14(16-6-2)15(19-4)8-7-9-15/h10,14,16H,5-9,11H2,1-4H3. The molecule has 108 valence electrons. The number of aryl methyl sites for hydroxylation is 2. The monoisotopic (exact) mass is 265 g/mol. The Morgan fingerprint density at radius 2 is 2.21 bits per heavy atom. The molecular weight excluding hydrogens is 238 g/mol. The summed E-state index contributed by atoms with van der Waals surface area (Å²) in [6, 6.07) is 2.61. The summed E-state index contributed by atoms with van der Waals surface area (Å²) in [5.74, 6) is 0. The van der Waals surface area contributed by atoms with Crippen LogP contribution in [0.5, 0.6) is 0 Å². The van der Waals surface area contributed by atoms with Crippen molar-refractivity contribution in [1.82, 2.24) is 15.1 Å². The Labute approximate surface area is 116 Å². The summed E-state index contributed by atoms with van der Waals surface area (Å²) in [5.41, 5.74) is 2.51. The van der Waals surface area contributed by atoms with Crippen LogP contribution in [0.4, 0.5) is 0 Å². The third-order valence-corrected chi connectivity index (χ3v) is 4.49. The van der Waals surface area contributed by atoms with Gasteiger partial charge in [0.05, 0.1) is 11.3 Å². The fourth-order valence-electron chi connectivity index (χ4n) is 3.06. The smallest absolute Gasteiger partial charge is 0.0834 e. The van der Waals surface area contributed by atoms with Crippen LogP contribution in [0.3, 0.4) is 0 Å². The molecule has 1 N–H and O–H groups in total. The molecule has 1 aliphatic rings. The van der Waals surface area contributed by atoms with Gasteiger partial charge in [0.15, 0.2) is 0 Å². The number of aromatic nitrogens is 2. The molecule has 1 saturated carbocycles. The van der Waals surface area contributed by atoms with E-state index < -0.39 is 0 Å². The summed E-state index contributed by atoms with van der Waals surface area (Å²) in [6.45, 7) is 5.29. The highest BCUT2D eigenvalue weighted by molar-refractivity contribution is 5.14. The second-order valence-corrected chi connectivity index (χ2v) is 5.54. The highest BCUT2D eigenvalue weighted by Crippen LogP contribution is 2.39. The Balaban J connectivity index is 2.13. The Kier molecular flexibility index (Phi) is 4.63. The van der Waals surface area contributed by atoms with Crippen LogP contribution in [0.1, 0.15) is 44.5 Å². The summed E-state index contributed by atoms with van der Waals surface area (Å²) in [6.07, 6.45) is 5.60. The van der Waals surface area contributed by atoms with Gasteiger partial charge in [-0.3, -0.25) is 4.68 Å². The molecular formula is C15H27N3O. The number of hydrogen-bond donors (Lipinski definition) is 1. The summed E-state index contributed by atoms with van der Waals surface area (Å²) >= 11 is 0. The molecule has 0 aliphatic heterocycles. The summed E-state index contributed by atoms with van der Waals surface area (Å²) < 4.78 is 7.86. The third-order valence-electron chi connectivity index (χ3n) is 4.49.